The third-order valence-electron chi connectivity index (χ3n) is 12.6. The second kappa shape index (κ2) is 15.0. The molecule has 3 saturated carbocycles. The van der Waals surface area contributed by atoms with E-state index in [1.165, 1.54) is 6.42 Å². The number of rotatable bonds is 12. The minimum atomic E-state index is -0.905. The first-order chi connectivity index (χ1) is 25.8. The van der Waals surface area contributed by atoms with Gasteiger partial charge in [-0.3, -0.25) is 14.4 Å². The molecule has 0 spiro atoms. The molecule has 288 valence electrons. The second-order valence-electron chi connectivity index (χ2n) is 16.3. The van der Waals surface area contributed by atoms with Crippen LogP contribution in [0.1, 0.15) is 62.3 Å². The molecule has 3 aliphatic carbocycles. The number of imidazole rings is 1. The van der Waals surface area contributed by atoms with Crippen LogP contribution in [0.2, 0.25) is 0 Å². The van der Waals surface area contributed by atoms with Crippen LogP contribution in [-0.2, 0) is 22.7 Å². The number of carbonyl (C=O) groups is 2. The predicted molar refractivity (Wildman–Crippen MR) is 208 cm³/mol. The normalized spacial score (nSPS) is 26.6. The summed E-state index contributed by atoms with van der Waals surface area (Å²) in [5.74, 6) is 1.57. The molecule has 4 aromatic rings. The molecular formula is C42H54N6O6. The van der Waals surface area contributed by atoms with E-state index in [4.69, 9.17) is 9.57 Å². The number of hydrogen-bond acceptors (Lipinski definition) is 9. The molecule has 12 heteroatoms. The summed E-state index contributed by atoms with van der Waals surface area (Å²) in [6.07, 6.45) is 0.458. The Hall–Kier alpha value is -4.49. The molecule has 2 bridgehead atoms. The molecule has 1 aliphatic heterocycles. The third kappa shape index (κ3) is 6.96. The van der Waals surface area contributed by atoms with E-state index in [1.54, 1.807) is 19.1 Å². The lowest BCUT2D eigenvalue weighted by Crippen LogP contribution is -2.62. The number of nitrogens with zero attached hydrogens (tertiary/aromatic N) is 3. The van der Waals surface area contributed by atoms with Gasteiger partial charge >= 0.3 is 0 Å². The van der Waals surface area contributed by atoms with E-state index in [0.717, 1.165) is 39.8 Å². The van der Waals surface area contributed by atoms with Crippen molar-refractivity contribution < 1.29 is 29.4 Å². The quantitative estimate of drug-likeness (QED) is 0.137. The number of H-pyrrole nitrogens is 1. The van der Waals surface area contributed by atoms with Gasteiger partial charge in [-0.1, -0.05) is 51.1 Å². The van der Waals surface area contributed by atoms with Crippen molar-refractivity contribution in [3.63, 3.8) is 0 Å². The number of aromatic nitrogens is 2. The highest BCUT2D eigenvalue weighted by Crippen LogP contribution is 2.61. The van der Waals surface area contributed by atoms with E-state index in [-0.39, 0.29) is 43.0 Å². The largest absolute Gasteiger partial charge is 0.496 e. The SMILES string of the molecule is COc1c(CN2O[C@@H](CO)[C@H]([C@H](C)O)[C@H]2C(=O)N[C@H]2C[C@H]3C[C@H]([C@@H]2C)C3(C)C)cccc1-c1cc(C(=O)NCc2nc3ccccc3[nH]2)cc(N(C)C)c1. The number of amides is 2. The molecule has 4 aliphatic rings. The van der Waals surface area contributed by atoms with Gasteiger partial charge in [-0.15, -0.1) is 0 Å². The Morgan fingerprint density at radius 1 is 1.13 bits per heavy atom. The number of aromatic amines is 1. The van der Waals surface area contributed by atoms with E-state index < -0.39 is 24.2 Å². The molecule has 1 saturated heterocycles. The molecule has 12 nitrogen and oxygen atoms in total. The monoisotopic (exact) mass is 738 g/mol. The number of fused-ring (bicyclic) bond motifs is 3. The zero-order valence-electron chi connectivity index (χ0n) is 32.3. The molecular weight excluding hydrogens is 684 g/mol. The van der Waals surface area contributed by atoms with E-state index in [2.05, 4.69) is 41.4 Å². The minimum Gasteiger partial charge on any atom is -0.496 e. The van der Waals surface area contributed by atoms with Crippen LogP contribution in [0.25, 0.3) is 22.2 Å². The number of para-hydroxylation sites is 3. The molecule has 2 amide bonds. The van der Waals surface area contributed by atoms with Crippen molar-refractivity contribution in [3.05, 3.63) is 77.6 Å². The summed E-state index contributed by atoms with van der Waals surface area (Å²) in [7, 11) is 5.44. The fraction of sp³-hybridized carbons (Fsp3) is 0.500. The van der Waals surface area contributed by atoms with E-state index in [0.29, 0.717) is 34.9 Å². The zero-order chi connectivity index (χ0) is 38.5. The number of aliphatic hydroxyl groups excluding tert-OH is 2. The van der Waals surface area contributed by atoms with Crippen LogP contribution < -0.4 is 20.3 Å². The number of nitrogens with one attached hydrogen (secondary N) is 3. The number of aliphatic hydroxyl groups is 2. The second-order valence-corrected chi connectivity index (χ2v) is 16.3. The van der Waals surface area contributed by atoms with Crippen LogP contribution in [-0.4, -0.2) is 89.2 Å². The average molecular weight is 739 g/mol. The van der Waals surface area contributed by atoms with Crippen LogP contribution in [0.4, 0.5) is 5.69 Å². The first-order valence-corrected chi connectivity index (χ1v) is 19.0. The van der Waals surface area contributed by atoms with E-state index >= 15 is 0 Å². The van der Waals surface area contributed by atoms with Crippen molar-refractivity contribution in [3.8, 4) is 16.9 Å². The Labute approximate surface area is 317 Å². The Kier molecular flexibility index (Phi) is 10.5. The van der Waals surface area contributed by atoms with Crippen molar-refractivity contribution in [2.24, 2.45) is 29.1 Å². The molecule has 2 heterocycles. The van der Waals surface area contributed by atoms with Crippen LogP contribution in [0, 0.1) is 29.1 Å². The maximum absolute atomic E-state index is 14.2. The van der Waals surface area contributed by atoms with Gasteiger partial charge in [0.05, 0.1) is 43.9 Å². The van der Waals surface area contributed by atoms with Gasteiger partial charge in [0.1, 0.15) is 23.7 Å². The summed E-state index contributed by atoms with van der Waals surface area (Å²) in [4.78, 5) is 43.9. The van der Waals surface area contributed by atoms with Crippen molar-refractivity contribution in [1.82, 2.24) is 25.7 Å². The van der Waals surface area contributed by atoms with Gasteiger partial charge in [-0.2, -0.15) is 5.06 Å². The highest BCUT2D eigenvalue weighted by atomic mass is 16.7. The summed E-state index contributed by atoms with van der Waals surface area (Å²) in [5, 5.41) is 29.2. The molecule has 0 radical (unpaired) electrons. The van der Waals surface area contributed by atoms with Crippen LogP contribution >= 0.6 is 0 Å². The van der Waals surface area contributed by atoms with Crippen LogP contribution in [0.3, 0.4) is 0 Å². The number of methoxy groups -OCH3 is 1. The summed E-state index contributed by atoms with van der Waals surface area (Å²) in [6.45, 7) is 8.59. The lowest BCUT2D eigenvalue weighted by atomic mass is 9.45. The molecule has 8 atom stereocenters. The molecule has 54 heavy (non-hydrogen) atoms. The van der Waals surface area contributed by atoms with Gasteiger partial charge < -0.3 is 35.5 Å². The number of benzene rings is 3. The highest BCUT2D eigenvalue weighted by Gasteiger charge is 2.57. The molecule has 4 fully saturated rings. The third-order valence-corrected chi connectivity index (χ3v) is 12.6. The van der Waals surface area contributed by atoms with Crippen molar-refractivity contribution >= 4 is 28.5 Å². The maximum Gasteiger partial charge on any atom is 0.251 e. The Balaban J connectivity index is 1.15. The minimum absolute atomic E-state index is 0.0332. The summed E-state index contributed by atoms with van der Waals surface area (Å²) in [6, 6.07) is 18.4. The number of carbonyl (C=O) groups excluding carboxylic acids is 2. The van der Waals surface area contributed by atoms with E-state index in [9.17, 15) is 19.8 Å². The molecule has 3 aromatic carbocycles. The van der Waals surface area contributed by atoms with Gasteiger partial charge in [-0.25, -0.2) is 4.98 Å². The Bertz CT molecular complexity index is 1980. The van der Waals surface area contributed by atoms with Crippen molar-refractivity contribution in [1.29, 1.82) is 0 Å². The zero-order valence-corrected chi connectivity index (χ0v) is 32.3. The first-order valence-electron chi connectivity index (χ1n) is 19.0. The predicted octanol–water partition coefficient (Wildman–Crippen LogP) is 4.90. The maximum atomic E-state index is 14.2. The fourth-order valence-electron chi connectivity index (χ4n) is 9.34. The molecule has 5 N–H and O–H groups in total. The molecule has 1 aromatic heterocycles. The number of hydrogen-bond donors (Lipinski definition) is 5. The van der Waals surface area contributed by atoms with Gasteiger partial charge in [-0.05, 0) is 78.8 Å². The van der Waals surface area contributed by atoms with E-state index in [1.807, 2.05) is 79.7 Å². The number of hydroxylamine groups is 2. The molecule has 0 unspecified atom stereocenters. The lowest BCUT2D eigenvalue weighted by Gasteiger charge is -2.62. The summed E-state index contributed by atoms with van der Waals surface area (Å²) in [5.41, 5.74) is 5.60. The fourth-order valence-corrected chi connectivity index (χ4v) is 9.34. The van der Waals surface area contributed by atoms with Crippen molar-refractivity contribution in [2.75, 3.05) is 32.7 Å². The van der Waals surface area contributed by atoms with Crippen LogP contribution in [0.5, 0.6) is 5.75 Å². The Morgan fingerprint density at radius 2 is 1.91 bits per heavy atom. The summed E-state index contributed by atoms with van der Waals surface area (Å²) >= 11 is 0. The summed E-state index contributed by atoms with van der Waals surface area (Å²) < 4.78 is 6.06. The van der Waals surface area contributed by atoms with Crippen molar-refractivity contribution in [2.45, 2.75) is 77.9 Å². The number of anilines is 1. The highest BCUT2D eigenvalue weighted by molar-refractivity contribution is 5.97. The van der Waals surface area contributed by atoms with Gasteiger partial charge in [0.2, 0.25) is 5.91 Å². The van der Waals surface area contributed by atoms with Gasteiger partial charge in [0, 0.05) is 48.4 Å². The lowest BCUT2D eigenvalue weighted by molar-refractivity contribution is -0.183. The van der Waals surface area contributed by atoms with Gasteiger partial charge in [0.15, 0.2) is 0 Å². The standard InChI is InChI=1S/C42H54N6O6/c1-23-31-18-28(42(31,3)4)19-34(23)46-41(52)38-37(24(2)50)35(22-49)54-48(38)21-25-11-10-12-30(39(25)53-7)26-15-27(17-29(16-26)47(5)6)40(51)43-20-36-44-32-13-8-9-14-33(32)45-36/h8-17,23-24,28,31,34-35,37-38,49-50H,18-22H2,1-7H3,(H,43,51)(H,44,45)(H,46,52)/t23-,24-,28+,31+,34-,35-,37-,38-/m0/s1. The van der Waals surface area contributed by atoms with Crippen LogP contribution in [0.15, 0.2) is 60.7 Å². The van der Waals surface area contributed by atoms with Gasteiger partial charge in [0.25, 0.3) is 5.91 Å². The number of ether oxygens (including phenoxy) is 1. The molecule has 8 rings (SSSR count). The first kappa shape index (κ1) is 37.8. The smallest absolute Gasteiger partial charge is 0.251 e. The topological polar surface area (TPSA) is 152 Å². The Morgan fingerprint density at radius 3 is 2.57 bits per heavy atom. The average Bonchev–Trinajstić information content (AvgIpc) is 3.75.